The van der Waals surface area contributed by atoms with Crippen LogP contribution in [0.5, 0.6) is 5.75 Å². The van der Waals surface area contributed by atoms with Gasteiger partial charge in [0.15, 0.2) is 0 Å². The molecular formula is C7H10Cl2INO. The maximum Gasteiger partial charge on any atom is 0.134 e. The molecule has 0 aliphatic rings. The van der Waals surface area contributed by atoms with E-state index < -0.39 is 0 Å². The third kappa shape index (κ3) is 3.69. The topological polar surface area (TPSA) is 35.2 Å². The summed E-state index contributed by atoms with van der Waals surface area (Å²) in [4.78, 5) is 0. The van der Waals surface area contributed by atoms with E-state index in [2.05, 4.69) is 22.6 Å². The highest BCUT2D eigenvalue weighted by Gasteiger charge is 1.97. The Hall–Kier alpha value is 0.130. The van der Waals surface area contributed by atoms with Gasteiger partial charge in [0.05, 0.1) is 10.7 Å². The highest BCUT2D eigenvalue weighted by molar-refractivity contribution is 14.1. The molecule has 0 radical (unpaired) electrons. The van der Waals surface area contributed by atoms with Crippen LogP contribution in [0.4, 0.5) is 5.69 Å². The van der Waals surface area contributed by atoms with Crippen LogP contribution < -0.4 is 10.5 Å². The van der Waals surface area contributed by atoms with Crippen molar-refractivity contribution < 1.29 is 4.74 Å². The summed E-state index contributed by atoms with van der Waals surface area (Å²) in [5.74, 6) is 0.834. The Labute approximate surface area is 97.8 Å². The minimum Gasteiger partial charge on any atom is -0.496 e. The molecule has 0 fully saturated rings. The number of benzene rings is 1. The number of nitrogen functional groups attached to an aromatic ring is 1. The van der Waals surface area contributed by atoms with Crippen molar-refractivity contribution in [2.24, 2.45) is 0 Å². The number of rotatable bonds is 1. The molecule has 1 rings (SSSR count). The number of halogens is 3. The zero-order valence-electron chi connectivity index (χ0n) is 6.41. The van der Waals surface area contributed by atoms with Gasteiger partial charge in [-0.1, -0.05) is 0 Å². The van der Waals surface area contributed by atoms with Crippen molar-refractivity contribution in [1.29, 1.82) is 0 Å². The Morgan fingerprint density at radius 2 is 1.92 bits per heavy atom. The van der Waals surface area contributed by atoms with E-state index in [0.29, 0.717) is 0 Å². The van der Waals surface area contributed by atoms with Gasteiger partial charge in [0.25, 0.3) is 0 Å². The van der Waals surface area contributed by atoms with Crippen LogP contribution in [0.2, 0.25) is 0 Å². The Morgan fingerprint density at radius 1 is 1.33 bits per heavy atom. The van der Waals surface area contributed by atoms with E-state index in [0.717, 1.165) is 15.0 Å². The van der Waals surface area contributed by atoms with E-state index in [-0.39, 0.29) is 24.8 Å². The minimum atomic E-state index is 0. The van der Waals surface area contributed by atoms with E-state index in [4.69, 9.17) is 10.5 Å². The minimum absolute atomic E-state index is 0. The summed E-state index contributed by atoms with van der Waals surface area (Å²) in [6, 6.07) is 5.58. The molecule has 2 N–H and O–H groups in total. The van der Waals surface area contributed by atoms with Crippen LogP contribution in [0.25, 0.3) is 0 Å². The average Bonchev–Trinajstić information content (AvgIpc) is 1.94. The number of anilines is 1. The van der Waals surface area contributed by atoms with Crippen LogP contribution in [-0.2, 0) is 0 Å². The molecule has 0 bridgehead atoms. The van der Waals surface area contributed by atoms with Gasteiger partial charge in [-0.05, 0) is 34.7 Å². The zero-order chi connectivity index (χ0) is 7.56. The molecule has 0 amide bonds. The van der Waals surface area contributed by atoms with Crippen molar-refractivity contribution in [1.82, 2.24) is 0 Å². The molecule has 0 unspecified atom stereocenters. The SMILES string of the molecule is COc1cc(N)ccc1I.Cl.Cl. The molecule has 5 heteroatoms. The van der Waals surface area contributed by atoms with Gasteiger partial charge in [-0.25, -0.2) is 0 Å². The van der Waals surface area contributed by atoms with Crippen molar-refractivity contribution in [3.8, 4) is 5.75 Å². The first-order valence-corrected chi connectivity index (χ1v) is 3.91. The molecule has 70 valence electrons. The number of nitrogens with two attached hydrogens (primary N) is 1. The smallest absolute Gasteiger partial charge is 0.134 e. The average molecular weight is 322 g/mol. The molecular weight excluding hydrogens is 312 g/mol. The lowest BCUT2D eigenvalue weighted by atomic mass is 10.3. The van der Waals surface area contributed by atoms with Crippen molar-refractivity contribution in [2.45, 2.75) is 0 Å². The summed E-state index contributed by atoms with van der Waals surface area (Å²) < 4.78 is 6.12. The predicted molar refractivity (Wildman–Crippen MR) is 64.6 cm³/mol. The number of hydrogen-bond donors (Lipinski definition) is 1. The van der Waals surface area contributed by atoms with Gasteiger partial charge < -0.3 is 10.5 Å². The first-order valence-electron chi connectivity index (χ1n) is 2.83. The maximum absolute atomic E-state index is 5.52. The molecule has 0 atom stereocenters. The van der Waals surface area contributed by atoms with Gasteiger partial charge in [-0.2, -0.15) is 0 Å². The van der Waals surface area contributed by atoms with Gasteiger partial charge in [0.1, 0.15) is 5.75 Å². The van der Waals surface area contributed by atoms with Crippen molar-refractivity contribution >= 4 is 53.1 Å². The maximum atomic E-state index is 5.52. The Balaban J connectivity index is 0. The van der Waals surface area contributed by atoms with Gasteiger partial charge in [-0.3, -0.25) is 0 Å². The molecule has 0 spiro atoms. The lowest BCUT2D eigenvalue weighted by Crippen LogP contribution is -1.89. The second-order valence-corrected chi connectivity index (χ2v) is 3.06. The Bertz CT molecular complexity index is 245. The third-order valence-corrected chi connectivity index (χ3v) is 2.07. The molecule has 0 aliphatic carbocycles. The van der Waals surface area contributed by atoms with E-state index in [1.54, 1.807) is 7.11 Å². The molecule has 1 aromatic carbocycles. The van der Waals surface area contributed by atoms with E-state index in [1.165, 1.54) is 0 Å². The fourth-order valence-corrected chi connectivity index (χ4v) is 1.23. The van der Waals surface area contributed by atoms with Crippen molar-refractivity contribution in [3.05, 3.63) is 21.8 Å². The largest absolute Gasteiger partial charge is 0.496 e. The molecule has 0 saturated carbocycles. The Kier molecular flexibility index (Phi) is 8.08. The van der Waals surface area contributed by atoms with E-state index in [1.807, 2.05) is 18.2 Å². The normalized spacial score (nSPS) is 7.83. The fraction of sp³-hybridized carbons (Fsp3) is 0.143. The van der Waals surface area contributed by atoms with Crippen molar-refractivity contribution in [2.75, 3.05) is 12.8 Å². The zero-order valence-corrected chi connectivity index (χ0v) is 10.2. The monoisotopic (exact) mass is 321 g/mol. The van der Waals surface area contributed by atoms with Crippen molar-refractivity contribution in [3.63, 3.8) is 0 Å². The summed E-state index contributed by atoms with van der Waals surface area (Å²) in [7, 11) is 1.64. The predicted octanol–water partition coefficient (Wildman–Crippen LogP) is 2.73. The molecule has 0 aromatic heterocycles. The number of ether oxygens (including phenoxy) is 1. The lowest BCUT2D eigenvalue weighted by molar-refractivity contribution is 0.412. The van der Waals surface area contributed by atoms with Crippen LogP contribution in [0, 0.1) is 3.57 Å². The second-order valence-electron chi connectivity index (χ2n) is 1.89. The molecule has 0 heterocycles. The molecule has 2 nitrogen and oxygen atoms in total. The van der Waals surface area contributed by atoms with Crippen LogP contribution in [0.15, 0.2) is 18.2 Å². The summed E-state index contributed by atoms with van der Waals surface area (Å²) in [5.41, 5.74) is 6.25. The van der Waals surface area contributed by atoms with Crippen LogP contribution in [0.3, 0.4) is 0 Å². The third-order valence-electron chi connectivity index (χ3n) is 1.18. The van der Waals surface area contributed by atoms with E-state index >= 15 is 0 Å². The first kappa shape index (κ1) is 14.6. The first-order chi connectivity index (χ1) is 4.74. The summed E-state index contributed by atoms with van der Waals surface area (Å²) in [6.45, 7) is 0. The standard InChI is InChI=1S/C7H8INO.2ClH/c1-10-7-4-5(9)2-3-6(7)8;;/h2-4H,9H2,1H3;2*1H. The summed E-state index contributed by atoms with van der Waals surface area (Å²) >= 11 is 2.20. The number of hydrogen-bond acceptors (Lipinski definition) is 2. The second kappa shape index (κ2) is 6.62. The van der Waals surface area contributed by atoms with Crippen LogP contribution >= 0.6 is 47.4 Å². The Morgan fingerprint density at radius 3 is 2.33 bits per heavy atom. The van der Waals surface area contributed by atoms with Crippen LogP contribution in [-0.4, -0.2) is 7.11 Å². The highest BCUT2D eigenvalue weighted by Crippen LogP contribution is 2.22. The lowest BCUT2D eigenvalue weighted by Gasteiger charge is -2.02. The summed E-state index contributed by atoms with van der Waals surface area (Å²) in [5, 5.41) is 0. The van der Waals surface area contributed by atoms with Gasteiger partial charge in [0, 0.05) is 11.8 Å². The molecule has 0 aliphatic heterocycles. The highest BCUT2D eigenvalue weighted by atomic mass is 127. The van der Waals surface area contributed by atoms with Crippen LogP contribution in [0.1, 0.15) is 0 Å². The molecule has 12 heavy (non-hydrogen) atoms. The van der Waals surface area contributed by atoms with Gasteiger partial charge >= 0.3 is 0 Å². The fourth-order valence-electron chi connectivity index (χ4n) is 0.676. The van der Waals surface area contributed by atoms with Gasteiger partial charge in [0.2, 0.25) is 0 Å². The quantitative estimate of drug-likeness (QED) is 0.637. The van der Waals surface area contributed by atoms with E-state index in [9.17, 15) is 0 Å². The molecule has 1 aromatic rings. The molecule has 0 saturated heterocycles. The van der Waals surface area contributed by atoms with Gasteiger partial charge in [-0.15, -0.1) is 24.8 Å². The number of methoxy groups -OCH3 is 1. The summed E-state index contributed by atoms with van der Waals surface area (Å²) in [6.07, 6.45) is 0.